The molecule has 2 amide bonds. The van der Waals surface area contributed by atoms with Crippen LogP contribution in [0.4, 0.5) is 0 Å². The summed E-state index contributed by atoms with van der Waals surface area (Å²) in [4.78, 5) is 30.3. The highest BCUT2D eigenvalue weighted by Gasteiger charge is 2.33. The predicted molar refractivity (Wildman–Crippen MR) is 120 cm³/mol. The van der Waals surface area contributed by atoms with E-state index in [-0.39, 0.29) is 30.5 Å². The molecule has 1 aromatic carbocycles. The van der Waals surface area contributed by atoms with Crippen molar-refractivity contribution in [3.8, 4) is 5.75 Å². The Balaban J connectivity index is 1.46. The first-order valence-corrected chi connectivity index (χ1v) is 11.8. The molecular weight excluding hydrogens is 412 g/mol. The van der Waals surface area contributed by atoms with E-state index in [4.69, 9.17) is 9.47 Å². The molecule has 2 atom stereocenters. The van der Waals surface area contributed by atoms with E-state index in [9.17, 15) is 9.59 Å². The highest BCUT2D eigenvalue weighted by atomic mass is 32.1. The molecule has 0 spiro atoms. The molecule has 2 aliphatic heterocycles. The minimum Gasteiger partial charge on any atom is -0.491 e. The molecular formula is C24H30N2O4S. The Labute approximate surface area is 187 Å². The monoisotopic (exact) mass is 442 g/mol. The highest BCUT2D eigenvalue weighted by Crippen LogP contribution is 2.34. The van der Waals surface area contributed by atoms with Crippen molar-refractivity contribution < 1.29 is 19.1 Å². The minimum absolute atomic E-state index is 0.0298. The predicted octanol–water partition coefficient (Wildman–Crippen LogP) is 3.59. The third-order valence-corrected chi connectivity index (χ3v) is 7.06. The largest absolute Gasteiger partial charge is 0.491 e. The van der Waals surface area contributed by atoms with Crippen LogP contribution in [0.5, 0.6) is 5.75 Å². The molecule has 0 unspecified atom stereocenters. The van der Waals surface area contributed by atoms with E-state index < -0.39 is 0 Å². The summed E-state index contributed by atoms with van der Waals surface area (Å²) in [6.07, 6.45) is 2.82. The zero-order valence-corrected chi connectivity index (χ0v) is 19.0. The van der Waals surface area contributed by atoms with E-state index in [1.54, 1.807) is 16.2 Å². The normalized spacial score (nSPS) is 20.4. The van der Waals surface area contributed by atoms with Gasteiger partial charge in [-0.25, -0.2) is 0 Å². The van der Waals surface area contributed by atoms with Crippen LogP contribution in [0, 0.1) is 6.92 Å². The lowest BCUT2D eigenvalue weighted by Gasteiger charge is -2.37. The highest BCUT2D eigenvalue weighted by molar-refractivity contribution is 7.10. The lowest BCUT2D eigenvalue weighted by Crippen LogP contribution is -2.48. The molecule has 31 heavy (non-hydrogen) atoms. The molecule has 1 saturated heterocycles. The lowest BCUT2D eigenvalue weighted by atomic mass is 10.0. The minimum atomic E-state index is -0.152. The second-order valence-corrected chi connectivity index (χ2v) is 9.31. The van der Waals surface area contributed by atoms with Crippen LogP contribution in [0.1, 0.15) is 41.8 Å². The molecule has 7 heteroatoms. The molecule has 1 fully saturated rings. The standard InChI is InChI=1S/C24H30N2O4S/c1-17-5-7-19(8-6-17)30-16-22-21-10-13-31-23(21)9-11-26(22)24(28)15-25(18(2)27)14-20-4-3-12-29-20/h5-8,10,13,20,22H,3-4,9,11-12,14-16H2,1-2H3/t20-,22-/m1/s1. The number of benzene rings is 1. The first kappa shape index (κ1) is 21.8. The smallest absolute Gasteiger partial charge is 0.242 e. The van der Waals surface area contributed by atoms with Crippen molar-refractivity contribution in [2.45, 2.75) is 45.3 Å². The van der Waals surface area contributed by atoms with Crippen LogP contribution < -0.4 is 4.74 Å². The Hall–Kier alpha value is -2.38. The molecule has 2 aliphatic rings. The van der Waals surface area contributed by atoms with E-state index >= 15 is 0 Å². The molecule has 0 radical (unpaired) electrons. The second kappa shape index (κ2) is 9.83. The van der Waals surface area contributed by atoms with E-state index in [1.165, 1.54) is 17.4 Å². The van der Waals surface area contributed by atoms with Gasteiger partial charge in [0.1, 0.15) is 12.4 Å². The van der Waals surface area contributed by atoms with Crippen molar-refractivity contribution in [1.82, 2.24) is 9.80 Å². The summed E-state index contributed by atoms with van der Waals surface area (Å²) < 4.78 is 11.8. The number of rotatable bonds is 7. The van der Waals surface area contributed by atoms with E-state index in [0.717, 1.165) is 37.2 Å². The second-order valence-electron chi connectivity index (χ2n) is 8.31. The molecule has 0 bridgehead atoms. The van der Waals surface area contributed by atoms with E-state index in [0.29, 0.717) is 19.7 Å². The topological polar surface area (TPSA) is 59.1 Å². The number of carbonyl (C=O) groups excluding carboxylic acids is 2. The van der Waals surface area contributed by atoms with E-state index in [2.05, 4.69) is 11.4 Å². The third kappa shape index (κ3) is 5.28. The summed E-state index contributed by atoms with van der Waals surface area (Å²) in [6.45, 7) is 5.88. The third-order valence-electron chi connectivity index (χ3n) is 6.06. The molecule has 0 N–H and O–H groups in total. The average Bonchev–Trinajstić information content (AvgIpc) is 3.44. The number of fused-ring (bicyclic) bond motifs is 1. The number of ether oxygens (including phenoxy) is 2. The lowest BCUT2D eigenvalue weighted by molar-refractivity contribution is -0.142. The summed E-state index contributed by atoms with van der Waals surface area (Å²) in [6, 6.07) is 9.89. The molecule has 2 aromatic rings. The molecule has 4 rings (SSSR count). The quantitative estimate of drug-likeness (QED) is 0.658. The average molecular weight is 443 g/mol. The van der Waals surface area contributed by atoms with Gasteiger partial charge in [-0.1, -0.05) is 17.7 Å². The summed E-state index contributed by atoms with van der Waals surface area (Å²) >= 11 is 1.73. The van der Waals surface area contributed by atoms with Crippen molar-refractivity contribution >= 4 is 23.2 Å². The Bertz CT molecular complexity index is 905. The summed E-state index contributed by atoms with van der Waals surface area (Å²) in [5.41, 5.74) is 2.34. The van der Waals surface area contributed by atoms with Crippen molar-refractivity contribution in [3.63, 3.8) is 0 Å². The van der Waals surface area contributed by atoms with Crippen molar-refractivity contribution in [2.24, 2.45) is 0 Å². The zero-order valence-electron chi connectivity index (χ0n) is 18.2. The molecule has 166 valence electrons. The van der Waals surface area contributed by atoms with Gasteiger partial charge in [-0.05, 0) is 55.3 Å². The van der Waals surface area contributed by atoms with E-state index in [1.807, 2.05) is 36.1 Å². The zero-order chi connectivity index (χ0) is 21.8. The van der Waals surface area contributed by atoms with Crippen LogP contribution >= 0.6 is 11.3 Å². The van der Waals surface area contributed by atoms with Gasteiger partial charge in [0.25, 0.3) is 0 Å². The van der Waals surface area contributed by atoms with Crippen molar-refractivity contribution in [3.05, 3.63) is 51.7 Å². The van der Waals surface area contributed by atoms with Gasteiger partial charge >= 0.3 is 0 Å². The van der Waals surface area contributed by atoms with Gasteiger partial charge in [0, 0.05) is 31.5 Å². The van der Waals surface area contributed by atoms with Crippen LogP contribution in [-0.2, 0) is 20.7 Å². The van der Waals surface area contributed by atoms with Crippen molar-refractivity contribution in [2.75, 3.05) is 32.8 Å². The molecule has 6 nitrogen and oxygen atoms in total. The van der Waals surface area contributed by atoms with Gasteiger partial charge in [-0.3, -0.25) is 9.59 Å². The van der Waals surface area contributed by atoms with Crippen LogP contribution in [0.3, 0.4) is 0 Å². The Morgan fingerprint density at radius 1 is 1.26 bits per heavy atom. The molecule has 0 aliphatic carbocycles. The number of aryl methyl sites for hydroxylation is 1. The number of thiophene rings is 1. The summed E-state index contributed by atoms with van der Waals surface area (Å²) in [7, 11) is 0. The molecule has 0 saturated carbocycles. The van der Waals surface area contributed by atoms with Gasteiger partial charge in [0.05, 0.1) is 18.7 Å². The fraction of sp³-hybridized carbons (Fsp3) is 0.500. The van der Waals surface area contributed by atoms with Crippen LogP contribution in [-0.4, -0.2) is 60.6 Å². The van der Waals surface area contributed by atoms with Crippen LogP contribution in [0.15, 0.2) is 35.7 Å². The SMILES string of the molecule is CC(=O)N(CC(=O)N1CCc2sccc2[C@H]1COc1ccc(C)cc1)C[C@H]1CCCO1. The van der Waals surface area contributed by atoms with Gasteiger partial charge in [-0.15, -0.1) is 11.3 Å². The number of amides is 2. The maximum Gasteiger partial charge on any atom is 0.242 e. The van der Waals surface area contributed by atoms with Gasteiger partial charge in [0.15, 0.2) is 0 Å². The summed E-state index contributed by atoms with van der Waals surface area (Å²) in [5.74, 6) is 0.663. The fourth-order valence-corrected chi connectivity index (χ4v) is 5.21. The number of nitrogens with zero attached hydrogens (tertiary/aromatic N) is 2. The molecule has 3 heterocycles. The summed E-state index contributed by atoms with van der Waals surface area (Å²) in [5, 5.41) is 2.08. The number of hydrogen-bond acceptors (Lipinski definition) is 5. The fourth-order valence-electron chi connectivity index (χ4n) is 4.28. The first-order valence-electron chi connectivity index (χ1n) is 10.9. The van der Waals surface area contributed by atoms with Crippen LogP contribution in [0.25, 0.3) is 0 Å². The van der Waals surface area contributed by atoms with Gasteiger partial charge in [0.2, 0.25) is 11.8 Å². The Morgan fingerprint density at radius 2 is 2.06 bits per heavy atom. The Kier molecular flexibility index (Phi) is 6.92. The van der Waals surface area contributed by atoms with Crippen LogP contribution in [0.2, 0.25) is 0 Å². The number of carbonyl (C=O) groups is 2. The van der Waals surface area contributed by atoms with Gasteiger partial charge in [-0.2, -0.15) is 0 Å². The first-order chi connectivity index (χ1) is 15.0. The van der Waals surface area contributed by atoms with Gasteiger partial charge < -0.3 is 19.3 Å². The molecule has 1 aromatic heterocycles. The Morgan fingerprint density at radius 3 is 2.77 bits per heavy atom. The maximum absolute atomic E-state index is 13.3. The van der Waals surface area contributed by atoms with Crippen molar-refractivity contribution in [1.29, 1.82) is 0 Å². The maximum atomic E-state index is 13.3. The number of hydrogen-bond donors (Lipinski definition) is 0.